The number of halogens is 1. The molecule has 0 bridgehead atoms. The van der Waals surface area contributed by atoms with Crippen LogP contribution in [0.5, 0.6) is 17.2 Å². The van der Waals surface area contributed by atoms with Gasteiger partial charge >= 0.3 is 6.09 Å². The van der Waals surface area contributed by atoms with Gasteiger partial charge in [-0.3, -0.25) is 0 Å². The summed E-state index contributed by atoms with van der Waals surface area (Å²) in [6.07, 6.45) is 3.95. The molecule has 0 atom stereocenters. The molecule has 0 unspecified atom stereocenters. The Hall–Kier alpha value is -4.32. The van der Waals surface area contributed by atoms with E-state index in [4.69, 9.17) is 15.2 Å². The number of primary amides is 1. The molecule has 0 saturated carbocycles. The van der Waals surface area contributed by atoms with E-state index < -0.39 is 6.09 Å². The van der Waals surface area contributed by atoms with Crippen LogP contribution in [0.15, 0.2) is 97.1 Å². The molecule has 5 nitrogen and oxygen atoms in total. The van der Waals surface area contributed by atoms with Gasteiger partial charge in [-0.25, -0.2) is 9.18 Å². The zero-order valence-electron chi connectivity index (χ0n) is 25.8. The second-order valence-corrected chi connectivity index (χ2v) is 11.1. The van der Waals surface area contributed by atoms with Crippen LogP contribution in [-0.2, 0) is 23.0 Å². The van der Waals surface area contributed by atoms with Crippen molar-refractivity contribution in [1.82, 2.24) is 0 Å². The molecule has 0 aromatic heterocycles. The van der Waals surface area contributed by atoms with Crippen LogP contribution in [0.3, 0.4) is 0 Å². The summed E-state index contributed by atoms with van der Waals surface area (Å²) in [5.74, 6) is 1.48. The number of amides is 1. The number of rotatable bonds is 13. The summed E-state index contributed by atoms with van der Waals surface area (Å²) in [4.78, 5) is 10.3. The van der Waals surface area contributed by atoms with Crippen LogP contribution in [0.2, 0.25) is 0 Å². The number of carbonyl (C=O) groups is 1. The lowest BCUT2D eigenvalue weighted by atomic mass is 9.80. The van der Waals surface area contributed by atoms with Crippen molar-refractivity contribution < 1.29 is 23.4 Å². The van der Waals surface area contributed by atoms with Crippen LogP contribution in [0.25, 0.3) is 0 Å². The molecule has 0 heterocycles. The minimum absolute atomic E-state index is 0.0636. The zero-order valence-corrected chi connectivity index (χ0v) is 25.8. The molecule has 0 aliphatic heterocycles. The lowest BCUT2D eigenvalue weighted by molar-refractivity contribution is 0.155. The van der Waals surface area contributed by atoms with Crippen LogP contribution < -0.4 is 15.2 Å². The number of aryl methyl sites for hydroxylation is 3. The normalized spacial score (nSPS) is 10.8. The third-order valence-corrected chi connectivity index (χ3v) is 7.12. The van der Waals surface area contributed by atoms with E-state index in [9.17, 15) is 9.18 Å². The van der Waals surface area contributed by atoms with E-state index in [1.54, 1.807) is 0 Å². The van der Waals surface area contributed by atoms with Crippen molar-refractivity contribution in [2.75, 3.05) is 13.2 Å². The second-order valence-electron chi connectivity index (χ2n) is 11.1. The van der Waals surface area contributed by atoms with Crippen LogP contribution in [0, 0.1) is 12.7 Å². The van der Waals surface area contributed by atoms with Crippen LogP contribution >= 0.6 is 0 Å². The van der Waals surface area contributed by atoms with Gasteiger partial charge in [0.2, 0.25) is 0 Å². The van der Waals surface area contributed by atoms with Gasteiger partial charge in [0, 0.05) is 0 Å². The molecule has 43 heavy (non-hydrogen) atoms. The summed E-state index contributed by atoms with van der Waals surface area (Å²) >= 11 is 0. The Bertz CT molecular complexity index is 1400. The number of hydrogen-bond acceptors (Lipinski definition) is 4. The van der Waals surface area contributed by atoms with Gasteiger partial charge in [-0.2, -0.15) is 0 Å². The molecule has 4 rings (SSSR count). The Morgan fingerprint density at radius 2 is 1.51 bits per heavy atom. The number of carbonyl (C=O) groups excluding carboxylic acids is 1. The summed E-state index contributed by atoms with van der Waals surface area (Å²) in [6.45, 7) is 9.64. The average Bonchev–Trinajstić information content (AvgIpc) is 2.98. The molecule has 4 aromatic carbocycles. The topological polar surface area (TPSA) is 70.8 Å². The Morgan fingerprint density at radius 3 is 2.19 bits per heavy atom. The fraction of sp³-hybridized carbons (Fsp3) is 0.324. The van der Waals surface area contributed by atoms with Crippen molar-refractivity contribution in [3.05, 3.63) is 125 Å². The molecule has 1 amide bonds. The van der Waals surface area contributed by atoms with Crippen molar-refractivity contribution in [2.45, 2.75) is 65.2 Å². The Kier molecular flexibility index (Phi) is 13.1. The predicted molar refractivity (Wildman–Crippen MR) is 172 cm³/mol. The lowest BCUT2D eigenvalue weighted by Gasteiger charge is -2.25. The molecular formula is C37H44FNO4. The number of ether oxygens (including phenoxy) is 3. The predicted octanol–water partition coefficient (Wildman–Crippen LogP) is 9.34. The summed E-state index contributed by atoms with van der Waals surface area (Å²) in [6, 6.07) is 31.1. The Morgan fingerprint density at radius 1 is 0.814 bits per heavy atom. The summed E-state index contributed by atoms with van der Waals surface area (Å²) in [5.41, 5.74) is 9.79. The van der Waals surface area contributed by atoms with Gasteiger partial charge in [0.1, 0.15) is 11.5 Å². The maximum atomic E-state index is 14.1. The fourth-order valence-electron chi connectivity index (χ4n) is 4.76. The van der Waals surface area contributed by atoms with E-state index in [1.165, 1.54) is 22.8 Å². The molecule has 228 valence electrons. The number of para-hydroxylation sites is 1. The van der Waals surface area contributed by atoms with E-state index in [0.717, 1.165) is 43.4 Å². The number of nitrogens with two attached hydrogens (primary N) is 1. The Balaban J connectivity index is 0.000000303. The van der Waals surface area contributed by atoms with Crippen molar-refractivity contribution in [2.24, 2.45) is 5.73 Å². The van der Waals surface area contributed by atoms with Crippen LogP contribution in [-0.4, -0.2) is 19.3 Å². The third kappa shape index (κ3) is 11.8. The first-order valence-electron chi connectivity index (χ1n) is 14.9. The first-order valence-corrected chi connectivity index (χ1v) is 14.9. The van der Waals surface area contributed by atoms with E-state index in [0.29, 0.717) is 19.0 Å². The highest BCUT2D eigenvalue weighted by molar-refractivity contribution is 5.64. The minimum Gasteiger partial charge on any atom is -0.494 e. The maximum Gasteiger partial charge on any atom is 0.404 e. The van der Waals surface area contributed by atoms with Gasteiger partial charge in [0.05, 0.1) is 13.2 Å². The molecule has 0 aliphatic carbocycles. The highest BCUT2D eigenvalue weighted by Gasteiger charge is 2.20. The van der Waals surface area contributed by atoms with Crippen molar-refractivity contribution in [1.29, 1.82) is 0 Å². The number of hydrogen-bond donors (Lipinski definition) is 1. The fourth-order valence-corrected chi connectivity index (χ4v) is 4.76. The van der Waals surface area contributed by atoms with Crippen molar-refractivity contribution >= 4 is 6.09 Å². The highest BCUT2D eigenvalue weighted by atomic mass is 19.1. The molecule has 4 aromatic rings. The molecule has 0 fully saturated rings. The summed E-state index contributed by atoms with van der Waals surface area (Å²) in [5, 5.41) is 0. The van der Waals surface area contributed by atoms with Gasteiger partial charge in [-0.05, 0) is 104 Å². The monoisotopic (exact) mass is 585 g/mol. The summed E-state index contributed by atoms with van der Waals surface area (Å²) in [7, 11) is 0. The SMILES string of the molecule is CCOc1ccc(C(C)(C)CCCc2ccc(F)c(Oc3ccccc3)c2)cc1.Cc1cccc(CCCOC(N)=O)c1. The van der Waals surface area contributed by atoms with Gasteiger partial charge in [0.15, 0.2) is 11.6 Å². The highest BCUT2D eigenvalue weighted by Crippen LogP contribution is 2.31. The molecule has 0 saturated heterocycles. The van der Waals surface area contributed by atoms with Crippen LogP contribution in [0.1, 0.15) is 62.3 Å². The first-order chi connectivity index (χ1) is 20.7. The maximum absolute atomic E-state index is 14.1. The average molecular weight is 586 g/mol. The molecule has 6 heteroatoms. The van der Waals surface area contributed by atoms with E-state index in [-0.39, 0.29) is 17.0 Å². The second kappa shape index (κ2) is 17.0. The largest absolute Gasteiger partial charge is 0.494 e. The third-order valence-electron chi connectivity index (χ3n) is 7.12. The van der Waals surface area contributed by atoms with Gasteiger partial charge in [-0.15, -0.1) is 0 Å². The Labute approximate surface area is 255 Å². The van der Waals surface area contributed by atoms with Crippen LogP contribution in [0.4, 0.5) is 9.18 Å². The first kappa shape index (κ1) is 33.2. The molecule has 0 aliphatic rings. The molecule has 0 spiro atoms. The standard InChI is InChI=1S/C26H29FO2.C11H15NO2/c1-4-28-22-15-13-21(14-16-22)26(2,3)18-8-9-20-12-17-24(27)25(19-20)29-23-10-6-5-7-11-23;1-9-4-2-5-10(8-9)6-3-7-14-11(12)13/h5-7,10-17,19H,4,8-9,18H2,1-3H3;2,4-5,8H,3,6-7H2,1H3,(H2,12,13). The summed E-state index contributed by atoms with van der Waals surface area (Å²) < 4.78 is 30.0. The number of benzene rings is 4. The van der Waals surface area contributed by atoms with E-state index in [2.05, 4.69) is 55.8 Å². The molecular weight excluding hydrogens is 541 g/mol. The van der Waals surface area contributed by atoms with E-state index >= 15 is 0 Å². The van der Waals surface area contributed by atoms with Crippen molar-refractivity contribution in [3.8, 4) is 17.2 Å². The molecule has 2 N–H and O–H groups in total. The molecule has 0 radical (unpaired) electrons. The van der Waals surface area contributed by atoms with Gasteiger partial charge in [0.25, 0.3) is 0 Å². The smallest absolute Gasteiger partial charge is 0.404 e. The zero-order chi connectivity index (χ0) is 31.1. The minimum atomic E-state index is -0.700. The lowest BCUT2D eigenvalue weighted by Crippen LogP contribution is -2.17. The van der Waals surface area contributed by atoms with E-state index in [1.807, 2.05) is 67.6 Å². The van der Waals surface area contributed by atoms with Crippen molar-refractivity contribution in [3.63, 3.8) is 0 Å². The van der Waals surface area contributed by atoms with Gasteiger partial charge in [-0.1, -0.05) is 80.1 Å². The van der Waals surface area contributed by atoms with Gasteiger partial charge < -0.3 is 19.9 Å². The quantitative estimate of drug-likeness (QED) is 0.159.